The molecule has 1 aromatic carbocycles. The third-order valence-electron chi connectivity index (χ3n) is 5.68. The quantitative estimate of drug-likeness (QED) is 0.401. The van der Waals surface area contributed by atoms with Gasteiger partial charge in [0.15, 0.2) is 11.5 Å². The lowest BCUT2D eigenvalue weighted by Gasteiger charge is -2.32. The summed E-state index contributed by atoms with van der Waals surface area (Å²) in [5, 5.41) is 8.49. The van der Waals surface area contributed by atoms with E-state index in [1.54, 1.807) is 31.6 Å². The van der Waals surface area contributed by atoms with Crippen molar-refractivity contribution in [2.75, 3.05) is 42.2 Å². The Morgan fingerprint density at radius 2 is 2.00 bits per heavy atom. The molecule has 2 amide bonds. The highest BCUT2D eigenvalue weighted by Gasteiger charge is 2.28. The molecule has 3 heterocycles. The van der Waals surface area contributed by atoms with E-state index in [-0.39, 0.29) is 24.4 Å². The third-order valence-corrected chi connectivity index (χ3v) is 5.68. The second kappa shape index (κ2) is 10.8. The average molecular weight is 463 g/mol. The fourth-order valence-electron chi connectivity index (χ4n) is 4.08. The number of anilines is 3. The first-order chi connectivity index (χ1) is 16.5. The Hall–Kier alpha value is -3.92. The molecule has 1 atom stereocenters. The zero-order chi connectivity index (χ0) is 23.9. The normalized spacial score (nSPS) is 15.6. The zero-order valence-electron chi connectivity index (χ0n) is 19.2. The number of piperidine rings is 1. The monoisotopic (exact) mass is 462 g/mol. The Morgan fingerprint density at radius 1 is 1.18 bits per heavy atom. The summed E-state index contributed by atoms with van der Waals surface area (Å²) in [6, 6.07) is 13.4. The lowest BCUT2D eigenvalue weighted by Crippen LogP contribution is -2.44. The predicted molar refractivity (Wildman–Crippen MR) is 132 cm³/mol. The summed E-state index contributed by atoms with van der Waals surface area (Å²) in [5.41, 5.74) is 8.20. The largest absolute Gasteiger partial charge is 0.371 e. The highest BCUT2D eigenvalue weighted by Crippen LogP contribution is 2.27. The van der Waals surface area contributed by atoms with E-state index in [4.69, 9.17) is 10.7 Å². The molecule has 0 unspecified atom stereocenters. The minimum absolute atomic E-state index is 0.0575. The van der Waals surface area contributed by atoms with Gasteiger partial charge in [0.1, 0.15) is 0 Å². The van der Waals surface area contributed by atoms with Gasteiger partial charge in [0.25, 0.3) is 5.91 Å². The van der Waals surface area contributed by atoms with Gasteiger partial charge in [-0.15, -0.1) is 0 Å². The Labute approximate surface area is 198 Å². The number of carbonyl (C=O) groups excluding carboxylic acids is 2. The van der Waals surface area contributed by atoms with E-state index in [0.717, 1.165) is 24.9 Å². The van der Waals surface area contributed by atoms with Crippen LogP contribution in [0.2, 0.25) is 0 Å². The van der Waals surface area contributed by atoms with Gasteiger partial charge in [-0.3, -0.25) is 19.1 Å². The number of hydrogen-bond acceptors (Lipinski definition) is 7. The van der Waals surface area contributed by atoms with Crippen LogP contribution in [0.5, 0.6) is 0 Å². The fourth-order valence-corrected chi connectivity index (χ4v) is 4.08. The van der Waals surface area contributed by atoms with E-state index in [1.165, 1.54) is 0 Å². The number of aromatic nitrogens is 3. The van der Waals surface area contributed by atoms with Gasteiger partial charge in [0.05, 0.1) is 25.0 Å². The minimum Gasteiger partial charge on any atom is -0.371 e. The standard InChI is InChI=1S/C24H30N8O2/c1-26-22-21(23(34)28-14-20(33)29-19-10-5-11-27-13-19)32(15-17-7-3-2-4-8-17)24(30-22)31-12-6-9-18(25)16-31/h2-5,7-8,10-11,13,18,26H,6,9,12,14-16,25H2,1H3,(H,28,34)(H,29,33)/t18-/m1/s1. The molecule has 1 saturated heterocycles. The number of nitrogens with zero attached hydrogens (tertiary/aromatic N) is 4. The van der Waals surface area contributed by atoms with E-state index in [1.807, 2.05) is 34.9 Å². The molecule has 0 bridgehead atoms. The number of amides is 2. The topological polar surface area (TPSA) is 130 Å². The van der Waals surface area contributed by atoms with E-state index in [9.17, 15) is 9.59 Å². The molecule has 1 aliphatic rings. The van der Waals surface area contributed by atoms with Crippen molar-refractivity contribution < 1.29 is 9.59 Å². The van der Waals surface area contributed by atoms with Gasteiger partial charge in [-0.25, -0.2) is 0 Å². The third kappa shape index (κ3) is 5.52. The van der Waals surface area contributed by atoms with Crippen molar-refractivity contribution in [3.63, 3.8) is 0 Å². The van der Waals surface area contributed by atoms with Crippen LogP contribution in [0.3, 0.4) is 0 Å². The predicted octanol–water partition coefficient (Wildman–Crippen LogP) is 1.66. The Bertz CT molecular complexity index is 1120. The van der Waals surface area contributed by atoms with Crippen LogP contribution < -0.4 is 26.6 Å². The van der Waals surface area contributed by atoms with Crippen molar-refractivity contribution in [1.82, 2.24) is 19.9 Å². The maximum Gasteiger partial charge on any atom is 0.272 e. The van der Waals surface area contributed by atoms with E-state index < -0.39 is 0 Å². The Morgan fingerprint density at radius 3 is 2.71 bits per heavy atom. The second-order valence-corrected chi connectivity index (χ2v) is 8.25. The summed E-state index contributed by atoms with van der Waals surface area (Å²) in [6.45, 7) is 1.76. The number of carbonyl (C=O) groups is 2. The van der Waals surface area contributed by atoms with Crippen LogP contribution in [0.25, 0.3) is 0 Å². The molecule has 4 rings (SSSR count). The van der Waals surface area contributed by atoms with E-state index in [2.05, 4.69) is 25.8 Å². The lowest BCUT2D eigenvalue weighted by atomic mass is 10.1. The van der Waals surface area contributed by atoms with Crippen molar-refractivity contribution in [2.24, 2.45) is 5.73 Å². The fraction of sp³-hybridized carbons (Fsp3) is 0.333. The van der Waals surface area contributed by atoms with Crippen LogP contribution in [0.4, 0.5) is 17.5 Å². The van der Waals surface area contributed by atoms with Crippen molar-refractivity contribution in [2.45, 2.75) is 25.4 Å². The molecule has 5 N–H and O–H groups in total. The number of nitrogens with one attached hydrogen (secondary N) is 3. The van der Waals surface area contributed by atoms with Gasteiger partial charge in [-0.05, 0) is 30.5 Å². The number of hydrogen-bond donors (Lipinski definition) is 4. The molecule has 0 radical (unpaired) electrons. The maximum absolute atomic E-state index is 13.3. The van der Waals surface area contributed by atoms with E-state index >= 15 is 0 Å². The van der Waals surface area contributed by atoms with Gasteiger partial charge in [0, 0.05) is 32.4 Å². The smallest absolute Gasteiger partial charge is 0.272 e. The number of rotatable bonds is 8. The van der Waals surface area contributed by atoms with Crippen LogP contribution >= 0.6 is 0 Å². The second-order valence-electron chi connectivity index (χ2n) is 8.25. The Kier molecular flexibility index (Phi) is 7.38. The van der Waals surface area contributed by atoms with Crippen LogP contribution in [0, 0.1) is 0 Å². The summed E-state index contributed by atoms with van der Waals surface area (Å²) in [4.78, 5) is 36.5. The summed E-state index contributed by atoms with van der Waals surface area (Å²) >= 11 is 0. The van der Waals surface area contributed by atoms with Crippen molar-refractivity contribution in [3.05, 3.63) is 66.1 Å². The van der Waals surface area contributed by atoms with Gasteiger partial charge in [0.2, 0.25) is 11.9 Å². The minimum atomic E-state index is -0.387. The molecule has 178 valence electrons. The molecular weight excluding hydrogens is 432 g/mol. The van der Waals surface area contributed by atoms with Gasteiger partial charge in [-0.2, -0.15) is 4.98 Å². The maximum atomic E-state index is 13.3. The van der Waals surface area contributed by atoms with Gasteiger partial charge < -0.3 is 26.6 Å². The molecule has 34 heavy (non-hydrogen) atoms. The van der Waals surface area contributed by atoms with Gasteiger partial charge in [-0.1, -0.05) is 30.3 Å². The van der Waals surface area contributed by atoms with Crippen molar-refractivity contribution >= 4 is 29.3 Å². The Balaban J connectivity index is 1.59. The first-order valence-electron chi connectivity index (χ1n) is 11.4. The summed E-state index contributed by atoms with van der Waals surface area (Å²) < 4.78 is 1.90. The first kappa shape index (κ1) is 23.2. The molecule has 2 aromatic heterocycles. The van der Waals surface area contributed by atoms with Gasteiger partial charge >= 0.3 is 0 Å². The van der Waals surface area contributed by atoms with Crippen molar-refractivity contribution in [3.8, 4) is 0 Å². The molecule has 1 fully saturated rings. The molecule has 3 aromatic rings. The SMILES string of the molecule is CNc1nc(N2CCC[C@@H](N)C2)n(Cc2ccccc2)c1C(=O)NCC(=O)Nc1cccnc1. The molecule has 10 nitrogen and oxygen atoms in total. The number of nitrogens with two attached hydrogens (primary N) is 1. The molecule has 10 heteroatoms. The molecule has 0 spiro atoms. The molecule has 1 aliphatic heterocycles. The van der Waals surface area contributed by atoms with E-state index in [0.29, 0.717) is 36.2 Å². The highest BCUT2D eigenvalue weighted by molar-refractivity contribution is 6.01. The summed E-state index contributed by atoms with van der Waals surface area (Å²) in [6.07, 6.45) is 5.10. The number of benzene rings is 1. The molecule has 0 saturated carbocycles. The van der Waals surface area contributed by atoms with Crippen LogP contribution in [0.15, 0.2) is 54.9 Å². The molecule has 0 aliphatic carbocycles. The number of pyridine rings is 1. The summed E-state index contributed by atoms with van der Waals surface area (Å²) in [5.74, 6) is 0.411. The first-order valence-corrected chi connectivity index (χ1v) is 11.4. The van der Waals surface area contributed by atoms with Crippen LogP contribution in [0.1, 0.15) is 28.9 Å². The average Bonchev–Trinajstić information content (AvgIpc) is 3.22. The van der Waals surface area contributed by atoms with Crippen LogP contribution in [-0.4, -0.2) is 59.1 Å². The van der Waals surface area contributed by atoms with Crippen LogP contribution in [-0.2, 0) is 11.3 Å². The molecular formula is C24H30N8O2. The van der Waals surface area contributed by atoms with Crippen molar-refractivity contribution in [1.29, 1.82) is 0 Å². The highest BCUT2D eigenvalue weighted by atomic mass is 16.2. The zero-order valence-corrected chi connectivity index (χ0v) is 19.2. The number of imidazole rings is 1. The summed E-state index contributed by atoms with van der Waals surface area (Å²) in [7, 11) is 1.73. The lowest BCUT2D eigenvalue weighted by molar-refractivity contribution is -0.115.